The van der Waals surface area contributed by atoms with Gasteiger partial charge in [-0.15, -0.1) is 11.3 Å². The zero-order valence-electron chi connectivity index (χ0n) is 9.49. The molecule has 0 saturated heterocycles. The van der Waals surface area contributed by atoms with E-state index >= 15 is 0 Å². The quantitative estimate of drug-likeness (QED) is 0.728. The van der Waals surface area contributed by atoms with Gasteiger partial charge >= 0.3 is 5.97 Å². The molecule has 1 aliphatic rings. The van der Waals surface area contributed by atoms with Gasteiger partial charge in [-0.1, -0.05) is 12.1 Å². The van der Waals surface area contributed by atoms with Gasteiger partial charge in [0.1, 0.15) is 10.6 Å². The smallest absolute Gasteiger partial charge is 0.348 e. The Kier molecular flexibility index (Phi) is 2.52. The number of hydrogen-bond acceptors (Lipinski definition) is 4. The number of esters is 1. The summed E-state index contributed by atoms with van der Waals surface area (Å²) in [5.41, 5.74) is 1.24. The largest absolute Gasteiger partial charge is 0.492 e. The Morgan fingerprint density at radius 1 is 1.47 bits per heavy atom. The maximum absolute atomic E-state index is 11.5. The van der Waals surface area contributed by atoms with Crippen LogP contribution in [0.1, 0.15) is 21.7 Å². The van der Waals surface area contributed by atoms with Crippen LogP contribution in [0.5, 0.6) is 5.75 Å². The van der Waals surface area contributed by atoms with Crippen LogP contribution in [0.25, 0.3) is 10.1 Å². The molecule has 4 heteroatoms. The zero-order valence-corrected chi connectivity index (χ0v) is 10.3. The first kappa shape index (κ1) is 10.6. The van der Waals surface area contributed by atoms with E-state index in [-0.39, 0.29) is 5.97 Å². The molecule has 88 valence electrons. The van der Waals surface area contributed by atoms with Crippen molar-refractivity contribution in [2.75, 3.05) is 13.7 Å². The maximum Gasteiger partial charge on any atom is 0.348 e. The first-order valence-corrected chi connectivity index (χ1v) is 6.38. The number of carbonyl (C=O) groups is 1. The van der Waals surface area contributed by atoms with Gasteiger partial charge in [0, 0.05) is 0 Å². The van der Waals surface area contributed by atoms with Crippen molar-refractivity contribution in [2.45, 2.75) is 12.8 Å². The lowest BCUT2D eigenvalue weighted by Gasteiger charge is -2.17. The number of hydrogen-bond donors (Lipinski definition) is 0. The molecule has 2 aromatic rings. The summed E-state index contributed by atoms with van der Waals surface area (Å²) < 4.78 is 11.5. The fourth-order valence-electron chi connectivity index (χ4n) is 2.11. The third-order valence-corrected chi connectivity index (χ3v) is 4.08. The number of thiophene rings is 1. The summed E-state index contributed by atoms with van der Waals surface area (Å²) >= 11 is 1.45. The average molecular weight is 248 g/mol. The minimum Gasteiger partial charge on any atom is -0.492 e. The predicted molar refractivity (Wildman–Crippen MR) is 67.0 cm³/mol. The van der Waals surface area contributed by atoms with E-state index in [4.69, 9.17) is 9.47 Å². The Labute approximate surface area is 103 Å². The predicted octanol–water partition coefficient (Wildman–Crippen LogP) is 3.01. The number of aryl methyl sites for hydroxylation is 1. The van der Waals surface area contributed by atoms with Gasteiger partial charge in [0.05, 0.1) is 18.4 Å². The van der Waals surface area contributed by atoms with Crippen molar-refractivity contribution in [2.24, 2.45) is 0 Å². The molecule has 0 fully saturated rings. The number of fused-ring (bicyclic) bond motifs is 3. The summed E-state index contributed by atoms with van der Waals surface area (Å²) in [4.78, 5) is 12.1. The van der Waals surface area contributed by atoms with E-state index in [0.29, 0.717) is 4.88 Å². The van der Waals surface area contributed by atoms with Crippen LogP contribution in [0.15, 0.2) is 18.2 Å². The van der Waals surface area contributed by atoms with E-state index in [1.54, 1.807) is 0 Å². The molecule has 0 N–H and O–H groups in total. The molecule has 0 aliphatic carbocycles. The molecule has 0 bridgehead atoms. The van der Waals surface area contributed by atoms with E-state index in [0.717, 1.165) is 35.3 Å². The van der Waals surface area contributed by atoms with Crippen molar-refractivity contribution in [3.8, 4) is 5.75 Å². The molecule has 0 saturated carbocycles. The van der Waals surface area contributed by atoms with Gasteiger partial charge in [-0.2, -0.15) is 0 Å². The van der Waals surface area contributed by atoms with E-state index in [2.05, 4.69) is 6.07 Å². The van der Waals surface area contributed by atoms with Crippen LogP contribution in [-0.4, -0.2) is 19.7 Å². The van der Waals surface area contributed by atoms with Crippen molar-refractivity contribution in [3.05, 3.63) is 28.6 Å². The Hall–Kier alpha value is -1.55. The van der Waals surface area contributed by atoms with Crippen LogP contribution in [0.4, 0.5) is 0 Å². The number of carbonyl (C=O) groups excluding carboxylic acids is 1. The topological polar surface area (TPSA) is 35.5 Å². The second-order valence-electron chi connectivity index (χ2n) is 4.03. The van der Waals surface area contributed by atoms with Crippen LogP contribution in [0.3, 0.4) is 0 Å². The van der Waals surface area contributed by atoms with Gasteiger partial charge in [-0.25, -0.2) is 4.79 Å². The molecular weight excluding hydrogens is 236 g/mol. The van der Waals surface area contributed by atoms with Crippen molar-refractivity contribution in [3.63, 3.8) is 0 Å². The molecule has 0 unspecified atom stereocenters. The molecular formula is C13H12O3S. The molecule has 2 heterocycles. The highest BCUT2D eigenvalue weighted by Gasteiger charge is 2.18. The lowest BCUT2D eigenvalue weighted by molar-refractivity contribution is 0.0606. The number of ether oxygens (including phenoxy) is 2. The molecule has 1 aromatic heterocycles. The van der Waals surface area contributed by atoms with Crippen molar-refractivity contribution >= 4 is 27.4 Å². The molecule has 17 heavy (non-hydrogen) atoms. The Morgan fingerprint density at radius 3 is 3.18 bits per heavy atom. The first-order valence-electron chi connectivity index (χ1n) is 5.56. The maximum atomic E-state index is 11.5. The highest BCUT2D eigenvalue weighted by Crippen LogP contribution is 2.38. The third-order valence-electron chi connectivity index (χ3n) is 2.95. The van der Waals surface area contributed by atoms with Crippen molar-refractivity contribution in [1.29, 1.82) is 0 Å². The van der Waals surface area contributed by atoms with Gasteiger partial charge < -0.3 is 9.47 Å². The molecule has 0 radical (unpaired) electrons. The number of benzene rings is 1. The van der Waals surface area contributed by atoms with E-state index in [1.807, 2.05) is 12.1 Å². The van der Waals surface area contributed by atoms with Crippen LogP contribution in [0, 0.1) is 0 Å². The fraction of sp³-hybridized carbons (Fsp3) is 0.308. The van der Waals surface area contributed by atoms with Crippen LogP contribution < -0.4 is 4.74 Å². The van der Waals surface area contributed by atoms with Crippen LogP contribution in [-0.2, 0) is 11.2 Å². The molecule has 3 rings (SSSR count). The number of rotatable bonds is 1. The van der Waals surface area contributed by atoms with Gasteiger partial charge in [-0.3, -0.25) is 0 Å². The normalized spacial score (nSPS) is 14.2. The Morgan fingerprint density at radius 2 is 2.35 bits per heavy atom. The SMILES string of the molecule is COC(=O)c1cc2ccc3c(c2s1)OCCC3. The minimum absolute atomic E-state index is 0.282. The van der Waals surface area contributed by atoms with Gasteiger partial charge in [0.2, 0.25) is 0 Å². The summed E-state index contributed by atoms with van der Waals surface area (Å²) in [6, 6.07) is 6.00. The van der Waals surface area contributed by atoms with Crippen molar-refractivity contribution in [1.82, 2.24) is 0 Å². The van der Waals surface area contributed by atoms with E-state index in [9.17, 15) is 4.79 Å². The summed E-state index contributed by atoms with van der Waals surface area (Å²) in [7, 11) is 1.40. The second-order valence-corrected chi connectivity index (χ2v) is 5.08. The zero-order chi connectivity index (χ0) is 11.8. The molecule has 0 atom stereocenters. The van der Waals surface area contributed by atoms with E-state index < -0.39 is 0 Å². The van der Waals surface area contributed by atoms with Crippen LogP contribution >= 0.6 is 11.3 Å². The van der Waals surface area contributed by atoms with Gasteiger partial charge in [-0.05, 0) is 29.9 Å². The summed E-state index contributed by atoms with van der Waals surface area (Å²) in [6.45, 7) is 0.761. The standard InChI is InChI=1S/C13H12O3S/c1-15-13(14)10-7-9-5-4-8-3-2-6-16-11(8)12(9)17-10/h4-5,7H,2-3,6H2,1H3. The summed E-state index contributed by atoms with van der Waals surface area (Å²) in [5.74, 6) is 0.671. The monoisotopic (exact) mass is 248 g/mol. The van der Waals surface area contributed by atoms with Gasteiger partial charge in [0.25, 0.3) is 0 Å². The molecule has 1 aliphatic heterocycles. The molecule has 0 spiro atoms. The van der Waals surface area contributed by atoms with Crippen molar-refractivity contribution < 1.29 is 14.3 Å². The fourth-order valence-corrected chi connectivity index (χ4v) is 3.21. The Bertz CT molecular complexity index is 586. The average Bonchev–Trinajstić information content (AvgIpc) is 2.82. The number of methoxy groups -OCH3 is 1. The Balaban J connectivity index is 2.18. The van der Waals surface area contributed by atoms with Crippen LogP contribution in [0.2, 0.25) is 0 Å². The summed E-state index contributed by atoms with van der Waals surface area (Å²) in [5, 5.41) is 1.05. The highest BCUT2D eigenvalue weighted by molar-refractivity contribution is 7.21. The van der Waals surface area contributed by atoms with Gasteiger partial charge in [0.15, 0.2) is 0 Å². The first-order chi connectivity index (χ1) is 8.29. The molecule has 0 amide bonds. The highest BCUT2D eigenvalue weighted by atomic mass is 32.1. The molecule has 1 aromatic carbocycles. The lowest BCUT2D eigenvalue weighted by atomic mass is 10.1. The third kappa shape index (κ3) is 1.69. The minimum atomic E-state index is -0.282. The lowest BCUT2D eigenvalue weighted by Crippen LogP contribution is -2.07. The molecule has 3 nitrogen and oxygen atoms in total. The summed E-state index contributed by atoms with van der Waals surface area (Å²) in [6.07, 6.45) is 2.12. The van der Waals surface area contributed by atoms with E-state index in [1.165, 1.54) is 24.0 Å². The second kappa shape index (κ2) is 4.04.